The number of thiophene rings is 2. The Morgan fingerprint density at radius 1 is 1.39 bits per heavy atom. The lowest BCUT2D eigenvalue weighted by Crippen LogP contribution is -2.34. The summed E-state index contributed by atoms with van der Waals surface area (Å²) in [5.74, 6) is 0.00656. The van der Waals surface area contributed by atoms with Gasteiger partial charge in [-0.1, -0.05) is 6.07 Å². The van der Waals surface area contributed by atoms with Crippen LogP contribution in [0.15, 0.2) is 34.3 Å². The van der Waals surface area contributed by atoms with E-state index in [-0.39, 0.29) is 11.9 Å². The second-order valence-electron chi connectivity index (χ2n) is 4.22. The Hall–Kier alpha value is -1.17. The normalized spacial score (nSPS) is 12.6. The van der Waals surface area contributed by atoms with Crippen LogP contribution in [-0.2, 0) is 0 Å². The van der Waals surface area contributed by atoms with E-state index in [1.54, 1.807) is 11.3 Å². The molecule has 1 atom stereocenters. The van der Waals surface area contributed by atoms with Crippen LogP contribution in [0.3, 0.4) is 0 Å². The molecule has 0 saturated heterocycles. The van der Waals surface area contributed by atoms with Crippen LogP contribution in [0.2, 0.25) is 0 Å². The second kappa shape index (κ2) is 6.13. The topological polar surface area (TPSA) is 32.3 Å². The summed E-state index contributed by atoms with van der Waals surface area (Å²) in [6, 6.07) is 6.06. The number of hydrogen-bond acceptors (Lipinski definition) is 4. The first kappa shape index (κ1) is 13.3. The molecule has 1 unspecified atom stereocenters. The molecule has 0 aliphatic heterocycles. The lowest BCUT2D eigenvalue weighted by molar-refractivity contribution is 0.0946. The maximum atomic E-state index is 11.9. The van der Waals surface area contributed by atoms with Gasteiger partial charge < -0.3 is 10.2 Å². The molecule has 0 aromatic carbocycles. The van der Waals surface area contributed by atoms with Crippen LogP contribution >= 0.6 is 22.7 Å². The van der Waals surface area contributed by atoms with Gasteiger partial charge in [0.2, 0.25) is 0 Å². The van der Waals surface area contributed by atoms with Crippen LogP contribution in [0.1, 0.15) is 21.3 Å². The molecule has 2 heterocycles. The summed E-state index contributed by atoms with van der Waals surface area (Å²) in [5, 5.41) is 9.09. The number of nitrogens with one attached hydrogen (secondary N) is 1. The number of carbonyl (C=O) groups excluding carboxylic acids is 1. The highest BCUT2D eigenvalue weighted by Crippen LogP contribution is 2.20. The zero-order valence-corrected chi connectivity index (χ0v) is 12.1. The van der Waals surface area contributed by atoms with Gasteiger partial charge in [-0.3, -0.25) is 4.79 Å². The van der Waals surface area contributed by atoms with Crippen LogP contribution in [0.5, 0.6) is 0 Å². The van der Waals surface area contributed by atoms with Gasteiger partial charge in [-0.25, -0.2) is 0 Å². The van der Waals surface area contributed by atoms with Crippen LogP contribution in [-0.4, -0.2) is 31.4 Å². The third kappa shape index (κ3) is 3.19. The first-order valence-electron chi connectivity index (χ1n) is 5.68. The van der Waals surface area contributed by atoms with Crippen LogP contribution in [0.25, 0.3) is 0 Å². The summed E-state index contributed by atoms with van der Waals surface area (Å²) >= 11 is 3.15. The van der Waals surface area contributed by atoms with Crippen molar-refractivity contribution in [2.45, 2.75) is 6.04 Å². The number of amides is 1. The van der Waals surface area contributed by atoms with E-state index in [0.29, 0.717) is 6.54 Å². The smallest absolute Gasteiger partial charge is 0.261 e. The lowest BCUT2D eigenvalue weighted by atomic mass is 10.1. The van der Waals surface area contributed by atoms with Gasteiger partial charge in [0, 0.05) is 6.54 Å². The Morgan fingerprint density at radius 2 is 2.22 bits per heavy atom. The predicted molar refractivity (Wildman–Crippen MR) is 77.4 cm³/mol. The molecule has 2 aromatic heterocycles. The Kier molecular flexibility index (Phi) is 4.52. The van der Waals surface area contributed by atoms with Crippen LogP contribution in [0.4, 0.5) is 0 Å². The molecule has 0 saturated carbocycles. The number of rotatable bonds is 5. The summed E-state index contributed by atoms with van der Waals surface area (Å²) in [6.45, 7) is 0.625. The monoisotopic (exact) mass is 280 g/mol. The molecule has 3 nitrogen and oxygen atoms in total. The third-order valence-electron chi connectivity index (χ3n) is 2.75. The van der Waals surface area contributed by atoms with E-state index in [4.69, 9.17) is 0 Å². The maximum absolute atomic E-state index is 11.9. The molecule has 0 fully saturated rings. The van der Waals surface area contributed by atoms with Crippen molar-refractivity contribution in [2.75, 3.05) is 20.6 Å². The Bertz CT molecular complexity index is 477. The van der Waals surface area contributed by atoms with Crippen molar-refractivity contribution in [3.05, 3.63) is 44.8 Å². The molecule has 96 valence electrons. The molecule has 0 aliphatic carbocycles. The fourth-order valence-corrected chi connectivity index (χ4v) is 3.09. The Labute approximate surface area is 115 Å². The van der Waals surface area contributed by atoms with E-state index in [9.17, 15) is 4.79 Å². The van der Waals surface area contributed by atoms with E-state index in [1.807, 2.05) is 31.6 Å². The minimum absolute atomic E-state index is 0.00656. The Morgan fingerprint density at radius 3 is 2.78 bits per heavy atom. The summed E-state index contributed by atoms with van der Waals surface area (Å²) in [6.07, 6.45) is 0. The van der Waals surface area contributed by atoms with Crippen molar-refractivity contribution >= 4 is 28.6 Å². The minimum Gasteiger partial charge on any atom is -0.349 e. The molecule has 18 heavy (non-hydrogen) atoms. The summed E-state index contributed by atoms with van der Waals surface area (Å²) in [4.78, 5) is 14.8. The second-order valence-corrected chi connectivity index (χ2v) is 5.95. The van der Waals surface area contributed by atoms with Gasteiger partial charge in [-0.15, -0.1) is 11.3 Å². The highest BCUT2D eigenvalue weighted by atomic mass is 32.1. The van der Waals surface area contributed by atoms with Gasteiger partial charge in [0.1, 0.15) is 0 Å². The number of carbonyl (C=O) groups is 1. The third-order valence-corrected chi connectivity index (χ3v) is 4.32. The van der Waals surface area contributed by atoms with Gasteiger partial charge >= 0.3 is 0 Å². The van der Waals surface area contributed by atoms with E-state index < -0.39 is 0 Å². The summed E-state index contributed by atoms with van der Waals surface area (Å²) < 4.78 is 0. The van der Waals surface area contributed by atoms with E-state index in [1.165, 1.54) is 16.9 Å². The highest BCUT2D eigenvalue weighted by molar-refractivity contribution is 7.12. The van der Waals surface area contributed by atoms with E-state index >= 15 is 0 Å². The number of likely N-dealkylation sites (N-methyl/N-ethyl adjacent to an activating group) is 1. The zero-order valence-electron chi connectivity index (χ0n) is 10.4. The van der Waals surface area contributed by atoms with Crippen molar-refractivity contribution in [2.24, 2.45) is 0 Å². The molecule has 0 radical (unpaired) electrons. The fourth-order valence-electron chi connectivity index (χ4n) is 1.75. The highest BCUT2D eigenvalue weighted by Gasteiger charge is 2.16. The van der Waals surface area contributed by atoms with Gasteiger partial charge in [0.15, 0.2) is 0 Å². The number of nitrogens with zero attached hydrogens (tertiary/aromatic N) is 1. The largest absolute Gasteiger partial charge is 0.349 e. The fraction of sp³-hybridized carbons (Fsp3) is 0.308. The Balaban J connectivity index is 1.97. The minimum atomic E-state index is 0.00656. The van der Waals surface area contributed by atoms with Crippen molar-refractivity contribution in [3.8, 4) is 0 Å². The molecule has 5 heteroatoms. The van der Waals surface area contributed by atoms with E-state index in [0.717, 1.165) is 4.88 Å². The summed E-state index contributed by atoms with van der Waals surface area (Å²) in [7, 11) is 4.05. The lowest BCUT2D eigenvalue weighted by Gasteiger charge is -2.23. The van der Waals surface area contributed by atoms with Crippen molar-refractivity contribution < 1.29 is 4.79 Å². The van der Waals surface area contributed by atoms with Crippen molar-refractivity contribution in [1.29, 1.82) is 0 Å². The van der Waals surface area contributed by atoms with Crippen molar-refractivity contribution in [3.63, 3.8) is 0 Å². The molecule has 2 rings (SSSR count). The van der Waals surface area contributed by atoms with Gasteiger partial charge in [0.25, 0.3) is 5.91 Å². The predicted octanol–water partition coefficient (Wildman–Crippen LogP) is 2.84. The van der Waals surface area contributed by atoms with E-state index in [2.05, 4.69) is 27.0 Å². The molecule has 2 aromatic rings. The average molecular weight is 280 g/mol. The number of hydrogen-bond donors (Lipinski definition) is 1. The van der Waals surface area contributed by atoms with Gasteiger partial charge in [-0.05, 0) is 47.9 Å². The molecule has 0 bridgehead atoms. The molecular formula is C13H16N2OS2. The average Bonchev–Trinajstić information content (AvgIpc) is 3.01. The molecular weight excluding hydrogens is 264 g/mol. The first-order valence-corrected chi connectivity index (χ1v) is 7.51. The SMILES string of the molecule is CN(C)C(CNC(=O)c1cccs1)c1ccsc1. The quantitative estimate of drug-likeness (QED) is 0.913. The maximum Gasteiger partial charge on any atom is 0.261 e. The van der Waals surface area contributed by atoms with Crippen molar-refractivity contribution in [1.82, 2.24) is 10.2 Å². The molecule has 0 spiro atoms. The van der Waals surface area contributed by atoms with Gasteiger partial charge in [0.05, 0.1) is 10.9 Å². The molecule has 0 aliphatic rings. The molecule has 1 amide bonds. The standard InChI is InChI=1S/C13H16N2OS2/c1-15(2)11(10-5-7-17-9-10)8-14-13(16)12-4-3-6-18-12/h3-7,9,11H,8H2,1-2H3,(H,14,16). The first-order chi connectivity index (χ1) is 8.68. The zero-order chi connectivity index (χ0) is 13.0. The van der Waals surface area contributed by atoms with Crippen LogP contribution < -0.4 is 5.32 Å². The van der Waals surface area contributed by atoms with Crippen LogP contribution in [0, 0.1) is 0 Å². The summed E-state index contributed by atoms with van der Waals surface area (Å²) in [5.41, 5.74) is 1.25. The molecule has 1 N–H and O–H groups in total. The van der Waals surface area contributed by atoms with Gasteiger partial charge in [-0.2, -0.15) is 11.3 Å².